The van der Waals surface area contributed by atoms with Crippen molar-refractivity contribution in [3.8, 4) is 0 Å². The molecule has 0 unspecified atom stereocenters. The zero-order chi connectivity index (χ0) is 17.1. The molecule has 5 nitrogen and oxygen atoms in total. The fraction of sp³-hybridized carbons (Fsp3) is 0.368. The molecular weight excluding hydrogens is 300 g/mol. The van der Waals surface area contributed by atoms with Crippen molar-refractivity contribution in [1.82, 2.24) is 9.88 Å². The van der Waals surface area contributed by atoms with Gasteiger partial charge in [-0.3, -0.25) is 9.78 Å². The van der Waals surface area contributed by atoms with E-state index in [9.17, 15) is 4.79 Å². The summed E-state index contributed by atoms with van der Waals surface area (Å²) in [7, 11) is 2.15. The van der Waals surface area contributed by atoms with E-state index < -0.39 is 0 Å². The number of piperazine rings is 1. The van der Waals surface area contributed by atoms with Crippen LogP contribution in [0.1, 0.15) is 21.6 Å². The normalized spacial score (nSPS) is 15.4. The number of hydrogen-bond donors (Lipinski definition) is 1. The lowest BCUT2D eigenvalue weighted by atomic mass is 10.1. The number of rotatable bonds is 3. The Balaban J connectivity index is 1.70. The second-order valence-corrected chi connectivity index (χ2v) is 6.43. The van der Waals surface area contributed by atoms with E-state index in [1.54, 1.807) is 12.3 Å². The van der Waals surface area contributed by atoms with E-state index in [0.717, 1.165) is 43.1 Å². The summed E-state index contributed by atoms with van der Waals surface area (Å²) >= 11 is 0. The number of carbonyl (C=O) groups excluding carboxylic acids is 1. The van der Waals surface area contributed by atoms with Crippen LogP contribution in [-0.4, -0.2) is 49.0 Å². The minimum atomic E-state index is -0.127. The Kier molecular flexibility index (Phi) is 4.81. The molecule has 1 fully saturated rings. The molecule has 1 aliphatic heterocycles. The molecule has 24 heavy (non-hydrogen) atoms. The number of hydrogen-bond acceptors (Lipinski definition) is 4. The summed E-state index contributed by atoms with van der Waals surface area (Å²) in [5, 5.41) is 2.98. The molecule has 1 amide bonds. The first-order valence-corrected chi connectivity index (χ1v) is 8.31. The van der Waals surface area contributed by atoms with Gasteiger partial charge in [0.1, 0.15) is 0 Å². The molecule has 1 N–H and O–H groups in total. The van der Waals surface area contributed by atoms with Gasteiger partial charge in [0, 0.05) is 49.4 Å². The molecule has 2 aromatic rings. The third kappa shape index (κ3) is 3.74. The van der Waals surface area contributed by atoms with Crippen LogP contribution in [0.2, 0.25) is 0 Å². The standard InChI is InChI=1S/C19H24N4O/c1-14-12-17(23-10-8-22(3)9-11-23)6-7-18(14)21-19(24)16-5-4-15(2)20-13-16/h4-7,12-13H,8-11H2,1-3H3,(H,21,24). The van der Waals surface area contributed by atoms with Gasteiger partial charge >= 0.3 is 0 Å². The smallest absolute Gasteiger partial charge is 0.257 e. The molecule has 126 valence electrons. The molecule has 1 aromatic carbocycles. The summed E-state index contributed by atoms with van der Waals surface area (Å²) < 4.78 is 0. The van der Waals surface area contributed by atoms with Gasteiger partial charge in [-0.25, -0.2) is 0 Å². The van der Waals surface area contributed by atoms with Crippen LogP contribution >= 0.6 is 0 Å². The molecule has 0 aliphatic carbocycles. The number of aromatic nitrogens is 1. The maximum atomic E-state index is 12.3. The van der Waals surface area contributed by atoms with E-state index in [4.69, 9.17) is 0 Å². The van der Waals surface area contributed by atoms with Crippen molar-refractivity contribution < 1.29 is 4.79 Å². The summed E-state index contributed by atoms with van der Waals surface area (Å²) in [5.41, 5.74) is 4.61. The Morgan fingerprint density at radius 1 is 1.08 bits per heavy atom. The maximum absolute atomic E-state index is 12.3. The monoisotopic (exact) mass is 324 g/mol. The van der Waals surface area contributed by atoms with Gasteiger partial charge < -0.3 is 15.1 Å². The number of carbonyl (C=O) groups is 1. The molecule has 2 heterocycles. The third-order valence-corrected chi connectivity index (χ3v) is 4.50. The molecule has 0 saturated carbocycles. The predicted octanol–water partition coefficient (Wildman–Crippen LogP) is 2.70. The van der Waals surface area contributed by atoms with Crippen molar-refractivity contribution in [2.75, 3.05) is 43.4 Å². The van der Waals surface area contributed by atoms with E-state index in [1.165, 1.54) is 5.69 Å². The van der Waals surface area contributed by atoms with Gasteiger partial charge in [0.2, 0.25) is 0 Å². The predicted molar refractivity (Wildman–Crippen MR) is 97.8 cm³/mol. The summed E-state index contributed by atoms with van der Waals surface area (Å²) in [5.74, 6) is -0.127. The summed E-state index contributed by atoms with van der Waals surface area (Å²) in [6, 6.07) is 9.86. The number of aryl methyl sites for hydroxylation is 2. The van der Waals surface area contributed by atoms with Crippen LogP contribution in [0.5, 0.6) is 0 Å². The number of pyridine rings is 1. The van der Waals surface area contributed by atoms with Gasteiger partial charge in [0.15, 0.2) is 0 Å². The van der Waals surface area contributed by atoms with E-state index in [1.807, 2.05) is 26.0 Å². The first-order valence-electron chi connectivity index (χ1n) is 8.31. The largest absolute Gasteiger partial charge is 0.369 e. The average molecular weight is 324 g/mol. The quantitative estimate of drug-likeness (QED) is 0.943. The topological polar surface area (TPSA) is 48.5 Å². The van der Waals surface area contributed by atoms with Crippen molar-refractivity contribution in [2.45, 2.75) is 13.8 Å². The zero-order valence-corrected chi connectivity index (χ0v) is 14.5. The molecule has 0 atom stereocenters. The highest BCUT2D eigenvalue weighted by molar-refractivity contribution is 6.04. The third-order valence-electron chi connectivity index (χ3n) is 4.50. The molecule has 0 spiro atoms. The van der Waals surface area contributed by atoms with Crippen LogP contribution in [-0.2, 0) is 0 Å². The van der Waals surface area contributed by atoms with Crippen molar-refractivity contribution in [3.05, 3.63) is 53.3 Å². The lowest BCUT2D eigenvalue weighted by Gasteiger charge is -2.34. The first kappa shape index (κ1) is 16.5. The van der Waals surface area contributed by atoms with Gasteiger partial charge in [0.05, 0.1) is 5.56 Å². The fourth-order valence-electron chi connectivity index (χ4n) is 2.85. The van der Waals surface area contributed by atoms with E-state index in [0.29, 0.717) is 5.56 Å². The molecule has 5 heteroatoms. The Labute approximate surface area is 143 Å². The minimum Gasteiger partial charge on any atom is -0.369 e. The van der Waals surface area contributed by atoms with Crippen molar-refractivity contribution in [3.63, 3.8) is 0 Å². The Bertz CT molecular complexity index is 719. The van der Waals surface area contributed by atoms with Crippen molar-refractivity contribution >= 4 is 17.3 Å². The van der Waals surface area contributed by atoms with E-state index in [-0.39, 0.29) is 5.91 Å². The number of likely N-dealkylation sites (N-methyl/N-ethyl adjacent to an activating group) is 1. The maximum Gasteiger partial charge on any atom is 0.257 e. The van der Waals surface area contributed by atoms with Crippen LogP contribution in [0.15, 0.2) is 36.5 Å². The Hall–Kier alpha value is -2.40. The van der Waals surface area contributed by atoms with E-state index >= 15 is 0 Å². The van der Waals surface area contributed by atoms with E-state index in [2.05, 4.69) is 39.3 Å². The number of anilines is 2. The Morgan fingerprint density at radius 3 is 2.46 bits per heavy atom. The highest BCUT2D eigenvalue weighted by atomic mass is 16.1. The molecule has 1 aliphatic rings. The number of amides is 1. The minimum absolute atomic E-state index is 0.127. The summed E-state index contributed by atoms with van der Waals surface area (Å²) in [6.07, 6.45) is 1.61. The van der Waals surface area contributed by atoms with Crippen LogP contribution in [0.4, 0.5) is 11.4 Å². The average Bonchev–Trinajstić information content (AvgIpc) is 2.58. The van der Waals surface area contributed by atoms with Crippen LogP contribution < -0.4 is 10.2 Å². The van der Waals surface area contributed by atoms with Crippen LogP contribution in [0, 0.1) is 13.8 Å². The summed E-state index contributed by atoms with van der Waals surface area (Å²) in [4.78, 5) is 21.2. The summed E-state index contributed by atoms with van der Waals surface area (Å²) in [6.45, 7) is 8.18. The molecule has 0 radical (unpaired) electrons. The number of nitrogens with zero attached hydrogens (tertiary/aromatic N) is 3. The van der Waals surface area contributed by atoms with Gasteiger partial charge in [0.25, 0.3) is 5.91 Å². The SMILES string of the molecule is Cc1ccc(C(=O)Nc2ccc(N3CCN(C)CC3)cc2C)cn1. The van der Waals surface area contributed by atoms with Gasteiger partial charge in [-0.1, -0.05) is 0 Å². The number of benzene rings is 1. The van der Waals surface area contributed by atoms with Gasteiger partial charge in [-0.15, -0.1) is 0 Å². The molecule has 3 rings (SSSR count). The van der Waals surface area contributed by atoms with Gasteiger partial charge in [-0.05, 0) is 56.8 Å². The highest BCUT2D eigenvalue weighted by Crippen LogP contribution is 2.24. The molecular formula is C19H24N4O. The number of nitrogens with one attached hydrogen (secondary N) is 1. The first-order chi connectivity index (χ1) is 11.5. The van der Waals surface area contributed by atoms with Crippen molar-refractivity contribution in [2.24, 2.45) is 0 Å². The zero-order valence-electron chi connectivity index (χ0n) is 14.5. The molecule has 0 bridgehead atoms. The fourth-order valence-corrected chi connectivity index (χ4v) is 2.85. The Morgan fingerprint density at radius 2 is 1.83 bits per heavy atom. The van der Waals surface area contributed by atoms with Crippen molar-refractivity contribution in [1.29, 1.82) is 0 Å². The van der Waals surface area contributed by atoms with Gasteiger partial charge in [-0.2, -0.15) is 0 Å². The molecule has 1 saturated heterocycles. The second kappa shape index (κ2) is 7.01. The highest BCUT2D eigenvalue weighted by Gasteiger charge is 2.15. The lowest BCUT2D eigenvalue weighted by Crippen LogP contribution is -2.44. The van der Waals surface area contributed by atoms with Crippen LogP contribution in [0.3, 0.4) is 0 Å². The molecule has 1 aromatic heterocycles. The van der Waals surface area contributed by atoms with Crippen LogP contribution in [0.25, 0.3) is 0 Å². The lowest BCUT2D eigenvalue weighted by molar-refractivity contribution is 0.102. The second-order valence-electron chi connectivity index (χ2n) is 6.43.